The van der Waals surface area contributed by atoms with Crippen LogP contribution in [0.2, 0.25) is 0 Å². The highest BCUT2D eigenvalue weighted by Gasteiger charge is 2.45. The number of rotatable bonds is 1. The summed E-state index contributed by atoms with van der Waals surface area (Å²) in [6, 6.07) is 5.93. The second-order valence-electron chi connectivity index (χ2n) is 5.70. The predicted octanol–water partition coefficient (Wildman–Crippen LogP) is 4.21. The minimum absolute atomic E-state index is 0.110. The summed E-state index contributed by atoms with van der Waals surface area (Å²) < 4.78 is 7.25. The van der Waals surface area contributed by atoms with E-state index in [2.05, 4.69) is 22.9 Å². The minimum Gasteiger partial charge on any atom is -0.487 e. The zero-order valence-corrected chi connectivity index (χ0v) is 12.2. The van der Waals surface area contributed by atoms with Gasteiger partial charge in [0, 0.05) is 16.5 Å². The van der Waals surface area contributed by atoms with Crippen molar-refractivity contribution in [3.05, 3.63) is 28.2 Å². The summed E-state index contributed by atoms with van der Waals surface area (Å²) in [5.74, 6) is 1.63. The lowest BCUT2D eigenvalue weighted by molar-refractivity contribution is -0.0122. The van der Waals surface area contributed by atoms with Crippen LogP contribution in [0.15, 0.2) is 22.7 Å². The van der Waals surface area contributed by atoms with Crippen molar-refractivity contribution in [3.63, 3.8) is 0 Å². The lowest BCUT2D eigenvalue weighted by Gasteiger charge is -2.38. The standard InChI is InChI=1S/C15H19BrO2/c1-2-10-5-6-15(8-10)9-13(17)12-7-11(16)3-4-14(12)18-15/h3-4,7,10,13,17H,2,5-6,8-9H2,1H3/t10?,13-,15?/m1/s1. The molecule has 3 atom stereocenters. The van der Waals surface area contributed by atoms with E-state index in [1.807, 2.05) is 18.2 Å². The normalized spacial score (nSPS) is 34.4. The Kier molecular flexibility index (Phi) is 3.15. The molecular weight excluding hydrogens is 292 g/mol. The molecule has 2 nitrogen and oxygen atoms in total. The number of benzene rings is 1. The quantitative estimate of drug-likeness (QED) is 0.841. The summed E-state index contributed by atoms with van der Waals surface area (Å²) in [7, 11) is 0. The Morgan fingerprint density at radius 2 is 2.28 bits per heavy atom. The smallest absolute Gasteiger partial charge is 0.126 e. The number of fused-ring (bicyclic) bond motifs is 1. The molecule has 0 saturated heterocycles. The predicted molar refractivity (Wildman–Crippen MR) is 74.7 cm³/mol. The van der Waals surface area contributed by atoms with Crippen molar-refractivity contribution in [1.29, 1.82) is 0 Å². The van der Waals surface area contributed by atoms with Crippen LogP contribution in [0.3, 0.4) is 0 Å². The maximum atomic E-state index is 10.4. The van der Waals surface area contributed by atoms with Crippen LogP contribution in [0.25, 0.3) is 0 Å². The molecule has 18 heavy (non-hydrogen) atoms. The molecule has 2 unspecified atom stereocenters. The van der Waals surface area contributed by atoms with Gasteiger partial charge in [0.05, 0.1) is 6.10 Å². The van der Waals surface area contributed by atoms with Gasteiger partial charge in [-0.05, 0) is 43.4 Å². The maximum Gasteiger partial charge on any atom is 0.126 e. The van der Waals surface area contributed by atoms with E-state index in [0.29, 0.717) is 0 Å². The first-order chi connectivity index (χ1) is 8.62. The first kappa shape index (κ1) is 12.5. The highest BCUT2D eigenvalue weighted by molar-refractivity contribution is 9.10. The Bertz CT molecular complexity index is 460. The van der Waals surface area contributed by atoms with Gasteiger partial charge in [0.1, 0.15) is 11.4 Å². The second-order valence-corrected chi connectivity index (χ2v) is 6.62. The topological polar surface area (TPSA) is 29.5 Å². The molecule has 1 aromatic rings. The van der Waals surface area contributed by atoms with E-state index in [9.17, 15) is 5.11 Å². The van der Waals surface area contributed by atoms with Gasteiger partial charge in [-0.15, -0.1) is 0 Å². The van der Waals surface area contributed by atoms with E-state index < -0.39 is 0 Å². The van der Waals surface area contributed by atoms with Crippen molar-refractivity contribution in [2.24, 2.45) is 5.92 Å². The van der Waals surface area contributed by atoms with E-state index in [0.717, 1.165) is 41.0 Å². The molecule has 1 aromatic carbocycles. The molecule has 1 heterocycles. The molecule has 98 valence electrons. The summed E-state index contributed by atoms with van der Waals surface area (Å²) in [6.07, 6.45) is 4.98. The molecule has 3 rings (SSSR count). The summed E-state index contributed by atoms with van der Waals surface area (Å²) in [5.41, 5.74) is 0.816. The first-order valence-electron chi connectivity index (χ1n) is 6.78. The number of aliphatic hydroxyl groups is 1. The van der Waals surface area contributed by atoms with E-state index in [1.165, 1.54) is 12.8 Å². The van der Waals surface area contributed by atoms with Crippen molar-refractivity contribution in [3.8, 4) is 5.75 Å². The van der Waals surface area contributed by atoms with Crippen LogP contribution >= 0.6 is 15.9 Å². The van der Waals surface area contributed by atoms with Crippen LogP contribution < -0.4 is 4.74 Å². The first-order valence-corrected chi connectivity index (χ1v) is 7.58. The molecule has 3 heteroatoms. The third kappa shape index (κ3) is 2.08. The van der Waals surface area contributed by atoms with Crippen molar-refractivity contribution in [2.45, 2.75) is 50.7 Å². The third-order valence-electron chi connectivity index (χ3n) is 4.47. The third-order valence-corrected chi connectivity index (χ3v) is 4.96. The Morgan fingerprint density at radius 3 is 3.00 bits per heavy atom. The van der Waals surface area contributed by atoms with Crippen molar-refractivity contribution >= 4 is 15.9 Å². The highest BCUT2D eigenvalue weighted by Crippen LogP contribution is 2.49. The second kappa shape index (κ2) is 4.53. The average molecular weight is 311 g/mol. The summed E-state index contributed by atoms with van der Waals surface area (Å²) in [6.45, 7) is 2.24. The molecule has 0 aromatic heterocycles. The number of halogens is 1. The van der Waals surface area contributed by atoms with Gasteiger partial charge >= 0.3 is 0 Å². The number of hydrogen-bond donors (Lipinski definition) is 1. The summed E-state index contributed by atoms with van der Waals surface area (Å²) in [4.78, 5) is 0. The molecule has 0 bridgehead atoms. The average Bonchev–Trinajstić information content (AvgIpc) is 2.73. The summed E-state index contributed by atoms with van der Waals surface area (Å²) in [5, 5.41) is 10.4. The SMILES string of the molecule is CCC1CCC2(C1)C[C@@H](O)c1cc(Br)ccc1O2. The van der Waals surface area contributed by atoms with Gasteiger partial charge in [0.15, 0.2) is 0 Å². The molecule has 1 saturated carbocycles. The van der Waals surface area contributed by atoms with Gasteiger partial charge < -0.3 is 9.84 Å². The molecule has 1 N–H and O–H groups in total. The lowest BCUT2D eigenvalue weighted by Crippen LogP contribution is -2.38. The van der Waals surface area contributed by atoms with Gasteiger partial charge in [-0.1, -0.05) is 29.3 Å². The highest BCUT2D eigenvalue weighted by atomic mass is 79.9. The zero-order valence-electron chi connectivity index (χ0n) is 10.7. The van der Waals surface area contributed by atoms with Crippen molar-refractivity contribution in [1.82, 2.24) is 0 Å². The fraction of sp³-hybridized carbons (Fsp3) is 0.600. The lowest BCUT2D eigenvalue weighted by atomic mass is 9.86. The molecule has 1 fully saturated rings. The molecule has 1 aliphatic carbocycles. The van der Waals surface area contributed by atoms with Crippen molar-refractivity contribution in [2.75, 3.05) is 0 Å². The van der Waals surface area contributed by atoms with Crippen LogP contribution in [-0.4, -0.2) is 10.7 Å². The Labute approximate surface area is 116 Å². The molecule has 1 spiro atoms. The zero-order chi connectivity index (χ0) is 12.8. The Balaban J connectivity index is 1.90. The molecular formula is C15H19BrO2. The van der Waals surface area contributed by atoms with E-state index in [4.69, 9.17) is 4.74 Å². The Morgan fingerprint density at radius 1 is 1.44 bits per heavy atom. The molecule has 0 amide bonds. The molecule has 2 aliphatic rings. The fourth-order valence-electron chi connectivity index (χ4n) is 3.43. The molecule has 1 aliphatic heterocycles. The van der Waals surface area contributed by atoms with E-state index >= 15 is 0 Å². The largest absolute Gasteiger partial charge is 0.487 e. The van der Waals surface area contributed by atoms with Crippen LogP contribution in [-0.2, 0) is 0 Å². The van der Waals surface area contributed by atoms with Gasteiger partial charge in [0.25, 0.3) is 0 Å². The fourth-order valence-corrected chi connectivity index (χ4v) is 3.81. The van der Waals surface area contributed by atoms with Crippen LogP contribution in [0, 0.1) is 5.92 Å². The van der Waals surface area contributed by atoms with Gasteiger partial charge in [-0.3, -0.25) is 0 Å². The van der Waals surface area contributed by atoms with Crippen molar-refractivity contribution < 1.29 is 9.84 Å². The van der Waals surface area contributed by atoms with Gasteiger partial charge in [0.2, 0.25) is 0 Å². The number of hydrogen-bond acceptors (Lipinski definition) is 2. The van der Waals surface area contributed by atoms with E-state index in [1.54, 1.807) is 0 Å². The Hall–Kier alpha value is -0.540. The van der Waals surface area contributed by atoms with Gasteiger partial charge in [-0.25, -0.2) is 0 Å². The van der Waals surface area contributed by atoms with E-state index in [-0.39, 0.29) is 11.7 Å². The summed E-state index contributed by atoms with van der Waals surface area (Å²) >= 11 is 3.45. The van der Waals surface area contributed by atoms with Crippen LogP contribution in [0.5, 0.6) is 5.75 Å². The van der Waals surface area contributed by atoms with Crippen LogP contribution in [0.4, 0.5) is 0 Å². The number of ether oxygens (including phenoxy) is 1. The number of aliphatic hydroxyl groups excluding tert-OH is 1. The minimum atomic E-state index is -0.387. The maximum absolute atomic E-state index is 10.4. The van der Waals surface area contributed by atoms with Crippen LogP contribution in [0.1, 0.15) is 50.7 Å². The monoisotopic (exact) mass is 310 g/mol. The molecule has 0 radical (unpaired) electrons. The van der Waals surface area contributed by atoms with Gasteiger partial charge in [-0.2, -0.15) is 0 Å².